The van der Waals surface area contributed by atoms with E-state index in [0.29, 0.717) is 11.3 Å². The number of aromatic nitrogens is 3. The van der Waals surface area contributed by atoms with E-state index in [-0.39, 0.29) is 6.04 Å². The van der Waals surface area contributed by atoms with Gasteiger partial charge in [0, 0.05) is 18.4 Å². The van der Waals surface area contributed by atoms with Gasteiger partial charge < -0.3 is 20.4 Å². The van der Waals surface area contributed by atoms with Crippen LogP contribution in [0.2, 0.25) is 0 Å². The molecule has 0 spiro atoms. The summed E-state index contributed by atoms with van der Waals surface area (Å²) >= 11 is 0. The number of hydrogen-bond donors (Lipinski definition) is 2. The SMILES string of the molecule is COC(=O)c1cc(NC(C)c2nncn2C)cc(C)c1N. The van der Waals surface area contributed by atoms with Crippen LogP contribution in [0.4, 0.5) is 11.4 Å². The molecular formula is C14H19N5O2. The maximum Gasteiger partial charge on any atom is 0.340 e. The largest absolute Gasteiger partial charge is 0.465 e. The fourth-order valence-corrected chi connectivity index (χ4v) is 2.16. The second-order valence-corrected chi connectivity index (χ2v) is 4.91. The molecule has 0 aliphatic rings. The number of nitrogen functional groups attached to an aromatic ring is 1. The Kier molecular flexibility index (Phi) is 4.11. The Labute approximate surface area is 123 Å². The van der Waals surface area contributed by atoms with Crippen LogP contribution in [0.3, 0.4) is 0 Å². The number of methoxy groups -OCH3 is 1. The Balaban J connectivity index is 2.31. The van der Waals surface area contributed by atoms with Crippen LogP contribution in [-0.2, 0) is 11.8 Å². The third-order valence-corrected chi connectivity index (χ3v) is 3.31. The fraction of sp³-hybridized carbons (Fsp3) is 0.357. The normalized spacial score (nSPS) is 12.0. The molecule has 0 saturated carbocycles. The van der Waals surface area contributed by atoms with Gasteiger partial charge in [0.05, 0.1) is 18.7 Å². The van der Waals surface area contributed by atoms with Gasteiger partial charge in [-0.05, 0) is 31.5 Å². The molecule has 0 aliphatic heterocycles. The van der Waals surface area contributed by atoms with E-state index >= 15 is 0 Å². The predicted octanol–water partition coefficient (Wildman–Crippen LogP) is 1.67. The lowest BCUT2D eigenvalue weighted by Gasteiger charge is -2.17. The molecule has 112 valence electrons. The number of nitrogens with two attached hydrogens (primary N) is 1. The van der Waals surface area contributed by atoms with Gasteiger partial charge in [0.1, 0.15) is 6.33 Å². The zero-order valence-electron chi connectivity index (χ0n) is 12.5. The molecule has 7 heteroatoms. The highest BCUT2D eigenvalue weighted by Gasteiger charge is 2.16. The third-order valence-electron chi connectivity index (χ3n) is 3.31. The number of nitrogens with zero attached hydrogens (tertiary/aromatic N) is 3. The molecule has 2 aromatic rings. The van der Waals surface area contributed by atoms with Crippen LogP contribution in [0.1, 0.15) is 34.7 Å². The first-order chi connectivity index (χ1) is 9.93. The molecule has 0 fully saturated rings. The highest BCUT2D eigenvalue weighted by molar-refractivity contribution is 5.97. The zero-order valence-corrected chi connectivity index (χ0v) is 12.5. The van der Waals surface area contributed by atoms with Gasteiger partial charge in [0.15, 0.2) is 5.82 Å². The van der Waals surface area contributed by atoms with Gasteiger partial charge in [-0.2, -0.15) is 0 Å². The minimum absolute atomic E-state index is 0.0639. The Hall–Kier alpha value is -2.57. The van der Waals surface area contributed by atoms with Crippen molar-refractivity contribution >= 4 is 17.3 Å². The van der Waals surface area contributed by atoms with Gasteiger partial charge in [-0.3, -0.25) is 0 Å². The first-order valence-electron chi connectivity index (χ1n) is 6.53. The molecule has 0 radical (unpaired) electrons. The van der Waals surface area contributed by atoms with E-state index in [9.17, 15) is 4.79 Å². The molecular weight excluding hydrogens is 270 g/mol. The second kappa shape index (κ2) is 5.82. The molecule has 1 heterocycles. The summed E-state index contributed by atoms with van der Waals surface area (Å²) in [6.45, 7) is 3.81. The van der Waals surface area contributed by atoms with Crippen molar-refractivity contribution in [3.63, 3.8) is 0 Å². The summed E-state index contributed by atoms with van der Waals surface area (Å²) in [6.07, 6.45) is 1.64. The highest BCUT2D eigenvalue weighted by atomic mass is 16.5. The standard InChI is InChI=1S/C14H19N5O2/c1-8-5-10(6-11(12(8)15)14(20)21-4)17-9(2)13-18-16-7-19(13)3/h5-7,9,17H,15H2,1-4H3. The number of nitrogens with one attached hydrogen (secondary N) is 1. The van der Waals surface area contributed by atoms with Crippen molar-refractivity contribution in [3.8, 4) is 0 Å². The van der Waals surface area contributed by atoms with Crippen LogP contribution in [0.25, 0.3) is 0 Å². The Morgan fingerprint density at radius 1 is 1.48 bits per heavy atom. The van der Waals surface area contributed by atoms with Crippen LogP contribution >= 0.6 is 0 Å². The van der Waals surface area contributed by atoms with Gasteiger partial charge in [-0.1, -0.05) is 0 Å². The summed E-state index contributed by atoms with van der Waals surface area (Å²) in [6, 6.07) is 3.50. The number of ether oxygens (including phenoxy) is 1. The van der Waals surface area contributed by atoms with Crippen molar-refractivity contribution in [2.24, 2.45) is 7.05 Å². The summed E-state index contributed by atoms with van der Waals surface area (Å²) in [7, 11) is 3.21. The Morgan fingerprint density at radius 3 is 2.76 bits per heavy atom. The van der Waals surface area contributed by atoms with Gasteiger partial charge in [-0.25, -0.2) is 4.79 Å². The van der Waals surface area contributed by atoms with Crippen LogP contribution < -0.4 is 11.1 Å². The first-order valence-corrected chi connectivity index (χ1v) is 6.53. The van der Waals surface area contributed by atoms with Crippen molar-refractivity contribution < 1.29 is 9.53 Å². The number of carbonyl (C=O) groups excluding carboxylic acids is 1. The van der Waals surface area contributed by atoms with Crippen molar-refractivity contribution in [2.75, 3.05) is 18.2 Å². The molecule has 0 aliphatic carbocycles. The quantitative estimate of drug-likeness (QED) is 0.656. The average molecular weight is 289 g/mol. The number of benzene rings is 1. The summed E-state index contributed by atoms with van der Waals surface area (Å²) in [4.78, 5) is 11.8. The lowest BCUT2D eigenvalue weighted by molar-refractivity contribution is 0.0602. The topological polar surface area (TPSA) is 95.1 Å². The lowest BCUT2D eigenvalue weighted by Crippen LogP contribution is -2.14. The molecule has 21 heavy (non-hydrogen) atoms. The molecule has 0 saturated heterocycles. The number of hydrogen-bond acceptors (Lipinski definition) is 6. The second-order valence-electron chi connectivity index (χ2n) is 4.91. The summed E-state index contributed by atoms with van der Waals surface area (Å²) < 4.78 is 6.59. The number of rotatable bonds is 4. The fourth-order valence-electron chi connectivity index (χ4n) is 2.16. The minimum atomic E-state index is -0.453. The first kappa shape index (κ1) is 14.8. The summed E-state index contributed by atoms with van der Waals surface area (Å²) in [5.74, 6) is 0.342. The number of carbonyl (C=O) groups is 1. The molecule has 1 aromatic heterocycles. The Morgan fingerprint density at radius 2 is 2.19 bits per heavy atom. The van der Waals surface area contributed by atoms with Crippen LogP contribution in [0, 0.1) is 6.92 Å². The van der Waals surface area contributed by atoms with Crippen molar-refractivity contribution in [2.45, 2.75) is 19.9 Å². The Bertz CT molecular complexity index is 665. The maximum atomic E-state index is 11.8. The molecule has 0 amide bonds. The summed E-state index contributed by atoms with van der Waals surface area (Å²) in [5.41, 5.74) is 8.29. The molecule has 2 rings (SSSR count). The molecule has 1 unspecified atom stereocenters. The van der Waals surface area contributed by atoms with Gasteiger partial charge in [-0.15, -0.1) is 10.2 Å². The highest BCUT2D eigenvalue weighted by Crippen LogP contribution is 2.26. The smallest absolute Gasteiger partial charge is 0.340 e. The minimum Gasteiger partial charge on any atom is -0.465 e. The number of anilines is 2. The van der Waals surface area contributed by atoms with Crippen LogP contribution in [0.15, 0.2) is 18.5 Å². The van der Waals surface area contributed by atoms with Crippen molar-refractivity contribution in [1.29, 1.82) is 0 Å². The number of esters is 1. The van der Waals surface area contributed by atoms with E-state index in [2.05, 4.69) is 15.5 Å². The van der Waals surface area contributed by atoms with Gasteiger partial charge >= 0.3 is 5.97 Å². The van der Waals surface area contributed by atoms with Gasteiger partial charge in [0.25, 0.3) is 0 Å². The average Bonchev–Trinajstić information content (AvgIpc) is 2.88. The van der Waals surface area contributed by atoms with Crippen LogP contribution in [0.5, 0.6) is 0 Å². The third kappa shape index (κ3) is 2.96. The molecule has 0 bridgehead atoms. The predicted molar refractivity (Wildman–Crippen MR) is 80.0 cm³/mol. The lowest BCUT2D eigenvalue weighted by atomic mass is 10.1. The maximum absolute atomic E-state index is 11.8. The van der Waals surface area contributed by atoms with Crippen LogP contribution in [-0.4, -0.2) is 27.8 Å². The monoisotopic (exact) mass is 289 g/mol. The van der Waals surface area contributed by atoms with E-state index in [0.717, 1.165) is 17.1 Å². The van der Waals surface area contributed by atoms with E-state index in [1.807, 2.05) is 31.5 Å². The molecule has 1 aromatic carbocycles. The molecule has 1 atom stereocenters. The zero-order chi connectivity index (χ0) is 15.6. The molecule has 7 nitrogen and oxygen atoms in total. The van der Waals surface area contributed by atoms with Crippen molar-refractivity contribution in [1.82, 2.24) is 14.8 Å². The van der Waals surface area contributed by atoms with Crippen molar-refractivity contribution in [3.05, 3.63) is 35.4 Å². The number of aryl methyl sites for hydroxylation is 2. The van der Waals surface area contributed by atoms with Gasteiger partial charge in [0.2, 0.25) is 0 Å². The van der Waals surface area contributed by atoms with E-state index in [1.54, 1.807) is 12.4 Å². The van der Waals surface area contributed by atoms with E-state index in [4.69, 9.17) is 10.5 Å². The summed E-state index contributed by atoms with van der Waals surface area (Å²) in [5, 5.41) is 11.2. The van der Waals surface area contributed by atoms with E-state index in [1.165, 1.54) is 7.11 Å². The van der Waals surface area contributed by atoms with E-state index < -0.39 is 5.97 Å². The molecule has 3 N–H and O–H groups in total.